The lowest BCUT2D eigenvalue weighted by atomic mass is 10.2. The predicted molar refractivity (Wildman–Crippen MR) is 120 cm³/mol. The number of thioether (sulfide) groups is 1. The van der Waals surface area contributed by atoms with Crippen molar-refractivity contribution in [2.45, 2.75) is 37.5 Å². The molecule has 0 aliphatic carbocycles. The Hall–Kier alpha value is -2.11. The van der Waals surface area contributed by atoms with Gasteiger partial charge in [0.1, 0.15) is 0 Å². The summed E-state index contributed by atoms with van der Waals surface area (Å²) in [6.07, 6.45) is 7.08. The van der Waals surface area contributed by atoms with Crippen LogP contribution in [0.2, 0.25) is 0 Å². The molecular weight excluding hydrogens is 370 g/mol. The number of unbranched alkanes of at least 4 members (excludes halogenated alkanes) is 3. The molecule has 0 radical (unpaired) electrons. The minimum atomic E-state index is 0.798. The second-order valence-electron chi connectivity index (χ2n) is 6.26. The van der Waals surface area contributed by atoms with Crippen LogP contribution in [-0.2, 0) is 0 Å². The van der Waals surface area contributed by atoms with Crippen molar-refractivity contribution in [3.63, 3.8) is 0 Å². The maximum absolute atomic E-state index is 4.58. The average molecular weight is 396 g/mol. The molecule has 0 amide bonds. The molecule has 3 nitrogen and oxygen atoms in total. The SMILES string of the molecule is CCCCCCSc1cccc(C=NNc2nc(-c3ccccc3)cs2)c1. The van der Waals surface area contributed by atoms with Gasteiger partial charge in [0.2, 0.25) is 5.13 Å². The summed E-state index contributed by atoms with van der Waals surface area (Å²) in [7, 11) is 0. The van der Waals surface area contributed by atoms with Crippen LogP contribution in [0.4, 0.5) is 5.13 Å². The lowest BCUT2D eigenvalue weighted by Gasteiger charge is -2.02. The highest BCUT2D eigenvalue weighted by molar-refractivity contribution is 7.99. The third-order valence-electron chi connectivity index (χ3n) is 4.07. The first-order valence-corrected chi connectivity index (χ1v) is 11.2. The van der Waals surface area contributed by atoms with E-state index in [4.69, 9.17) is 0 Å². The lowest BCUT2D eigenvalue weighted by Crippen LogP contribution is -1.90. The molecule has 27 heavy (non-hydrogen) atoms. The van der Waals surface area contributed by atoms with Crippen LogP contribution in [0, 0.1) is 0 Å². The van der Waals surface area contributed by atoms with Gasteiger partial charge in [0.15, 0.2) is 0 Å². The predicted octanol–water partition coefficient (Wildman–Crippen LogP) is 6.93. The maximum atomic E-state index is 4.58. The van der Waals surface area contributed by atoms with Gasteiger partial charge in [-0.05, 0) is 29.9 Å². The van der Waals surface area contributed by atoms with Crippen molar-refractivity contribution in [2.75, 3.05) is 11.2 Å². The third kappa shape index (κ3) is 6.52. The quantitative estimate of drug-likeness (QED) is 0.175. The molecule has 0 atom stereocenters. The van der Waals surface area contributed by atoms with Crippen LogP contribution in [0.5, 0.6) is 0 Å². The summed E-state index contributed by atoms with van der Waals surface area (Å²) in [5, 5.41) is 7.19. The molecular formula is C22H25N3S2. The fourth-order valence-corrected chi connectivity index (χ4v) is 4.28. The first-order valence-electron chi connectivity index (χ1n) is 9.38. The van der Waals surface area contributed by atoms with E-state index in [1.807, 2.05) is 41.6 Å². The Morgan fingerprint density at radius 1 is 1.07 bits per heavy atom. The number of rotatable bonds is 10. The molecule has 0 aliphatic rings. The zero-order chi connectivity index (χ0) is 18.7. The van der Waals surface area contributed by atoms with Crippen LogP contribution in [0.15, 0.2) is 70.0 Å². The Bertz CT molecular complexity index is 844. The Labute approximate surface area is 169 Å². The Kier molecular flexibility index (Phi) is 7.93. The van der Waals surface area contributed by atoms with Crippen LogP contribution in [-0.4, -0.2) is 17.0 Å². The van der Waals surface area contributed by atoms with Crippen molar-refractivity contribution in [2.24, 2.45) is 5.10 Å². The van der Waals surface area contributed by atoms with Gasteiger partial charge in [0.05, 0.1) is 11.9 Å². The zero-order valence-electron chi connectivity index (χ0n) is 15.6. The van der Waals surface area contributed by atoms with Crippen molar-refractivity contribution in [3.8, 4) is 11.3 Å². The Morgan fingerprint density at radius 2 is 1.96 bits per heavy atom. The summed E-state index contributed by atoms with van der Waals surface area (Å²) in [5.74, 6) is 1.18. The van der Waals surface area contributed by atoms with Gasteiger partial charge in [-0.15, -0.1) is 23.1 Å². The number of nitrogens with one attached hydrogen (secondary N) is 1. The summed E-state index contributed by atoms with van der Waals surface area (Å²) in [4.78, 5) is 5.89. The molecule has 5 heteroatoms. The van der Waals surface area contributed by atoms with E-state index in [0.29, 0.717) is 0 Å². The fourth-order valence-electron chi connectivity index (χ4n) is 2.63. The maximum Gasteiger partial charge on any atom is 0.203 e. The fraction of sp³-hybridized carbons (Fsp3) is 0.273. The van der Waals surface area contributed by atoms with Gasteiger partial charge < -0.3 is 0 Å². The number of anilines is 1. The number of benzene rings is 2. The molecule has 3 aromatic rings. The van der Waals surface area contributed by atoms with Crippen molar-refractivity contribution < 1.29 is 0 Å². The first-order chi connectivity index (χ1) is 13.3. The highest BCUT2D eigenvalue weighted by Gasteiger charge is 2.03. The van der Waals surface area contributed by atoms with E-state index in [1.165, 1.54) is 36.3 Å². The van der Waals surface area contributed by atoms with Crippen molar-refractivity contribution in [1.29, 1.82) is 0 Å². The highest BCUT2D eigenvalue weighted by atomic mass is 32.2. The van der Waals surface area contributed by atoms with Gasteiger partial charge in [0.25, 0.3) is 0 Å². The molecule has 2 aromatic carbocycles. The van der Waals surface area contributed by atoms with Gasteiger partial charge in [-0.3, -0.25) is 5.43 Å². The second kappa shape index (κ2) is 10.9. The molecule has 140 valence electrons. The Morgan fingerprint density at radius 3 is 2.81 bits per heavy atom. The molecule has 1 aromatic heterocycles. The van der Waals surface area contributed by atoms with E-state index in [-0.39, 0.29) is 0 Å². The zero-order valence-corrected chi connectivity index (χ0v) is 17.2. The van der Waals surface area contributed by atoms with Gasteiger partial charge in [-0.2, -0.15) is 5.10 Å². The first kappa shape index (κ1) is 19.6. The molecule has 1 N–H and O–H groups in total. The number of nitrogens with zero attached hydrogens (tertiary/aromatic N) is 2. The molecule has 0 saturated heterocycles. The lowest BCUT2D eigenvalue weighted by molar-refractivity contribution is 0.706. The number of hydrazone groups is 1. The van der Waals surface area contributed by atoms with Crippen molar-refractivity contribution in [3.05, 3.63) is 65.5 Å². The van der Waals surface area contributed by atoms with E-state index in [9.17, 15) is 0 Å². The van der Waals surface area contributed by atoms with Crippen molar-refractivity contribution >= 4 is 34.4 Å². The topological polar surface area (TPSA) is 37.3 Å². The van der Waals surface area contributed by atoms with E-state index in [2.05, 4.69) is 58.8 Å². The van der Waals surface area contributed by atoms with E-state index >= 15 is 0 Å². The molecule has 0 bridgehead atoms. The molecule has 0 unspecified atom stereocenters. The molecule has 1 heterocycles. The van der Waals surface area contributed by atoms with Gasteiger partial charge >= 0.3 is 0 Å². The monoisotopic (exact) mass is 395 g/mol. The summed E-state index contributed by atoms with van der Waals surface area (Å²) < 4.78 is 0. The molecule has 0 spiro atoms. The summed E-state index contributed by atoms with van der Waals surface area (Å²) >= 11 is 3.48. The van der Waals surface area contributed by atoms with Gasteiger partial charge in [-0.25, -0.2) is 4.98 Å². The average Bonchev–Trinajstić information content (AvgIpc) is 3.18. The smallest absolute Gasteiger partial charge is 0.203 e. The molecule has 3 rings (SSSR count). The van der Waals surface area contributed by atoms with E-state index in [1.54, 1.807) is 11.3 Å². The minimum Gasteiger partial charge on any atom is -0.253 e. The summed E-state index contributed by atoms with van der Waals surface area (Å²) in [6.45, 7) is 2.25. The molecule has 0 fully saturated rings. The second-order valence-corrected chi connectivity index (χ2v) is 8.28. The summed E-state index contributed by atoms with van der Waals surface area (Å²) in [6, 6.07) is 18.7. The minimum absolute atomic E-state index is 0.798. The standard InChI is InChI=1S/C22H25N3S2/c1-2-3-4-8-14-26-20-13-9-10-18(15-20)16-23-25-22-24-21(17-27-22)19-11-6-5-7-12-19/h5-7,9-13,15-17H,2-4,8,14H2,1H3,(H,24,25). The summed E-state index contributed by atoms with van der Waals surface area (Å²) in [5.41, 5.74) is 6.23. The third-order valence-corrected chi connectivity index (χ3v) is 5.90. The van der Waals surface area contributed by atoms with E-state index < -0.39 is 0 Å². The number of hydrogen-bond donors (Lipinski definition) is 1. The van der Waals surface area contributed by atoms with E-state index in [0.717, 1.165) is 22.0 Å². The largest absolute Gasteiger partial charge is 0.253 e. The van der Waals surface area contributed by atoms with Gasteiger partial charge in [0, 0.05) is 15.8 Å². The van der Waals surface area contributed by atoms with Crippen LogP contribution in [0.3, 0.4) is 0 Å². The highest BCUT2D eigenvalue weighted by Crippen LogP contribution is 2.24. The number of hydrogen-bond acceptors (Lipinski definition) is 5. The molecule has 0 aliphatic heterocycles. The number of thiazole rings is 1. The van der Waals surface area contributed by atoms with Crippen LogP contribution in [0.25, 0.3) is 11.3 Å². The van der Waals surface area contributed by atoms with Crippen molar-refractivity contribution in [1.82, 2.24) is 4.98 Å². The van der Waals surface area contributed by atoms with Crippen LogP contribution in [0.1, 0.15) is 38.2 Å². The normalized spacial score (nSPS) is 11.1. The van der Waals surface area contributed by atoms with Gasteiger partial charge in [-0.1, -0.05) is 68.7 Å². The number of aromatic nitrogens is 1. The molecule has 0 saturated carbocycles. The van der Waals surface area contributed by atoms with Crippen LogP contribution >= 0.6 is 23.1 Å². The Balaban J connectivity index is 1.51. The van der Waals surface area contributed by atoms with Crippen LogP contribution < -0.4 is 5.43 Å².